The summed E-state index contributed by atoms with van der Waals surface area (Å²) in [6.45, 7) is 5.61. The fourth-order valence-electron chi connectivity index (χ4n) is 2.34. The first-order chi connectivity index (χ1) is 13.6. The van der Waals surface area contributed by atoms with E-state index in [4.69, 9.17) is 15.2 Å². The van der Waals surface area contributed by atoms with Crippen LogP contribution in [0.2, 0.25) is 0 Å². The van der Waals surface area contributed by atoms with Gasteiger partial charge in [-0.05, 0) is 32.8 Å². The maximum Gasteiger partial charge on any atom is 0.407 e. The zero-order chi connectivity index (χ0) is 21.9. The van der Waals surface area contributed by atoms with Crippen LogP contribution < -0.4 is 21.7 Å². The second-order valence-corrected chi connectivity index (χ2v) is 7.58. The molecule has 9 heteroatoms. The van der Waals surface area contributed by atoms with Crippen molar-refractivity contribution in [3.63, 3.8) is 0 Å². The lowest BCUT2D eigenvalue weighted by Crippen LogP contribution is -2.46. The van der Waals surface area contributed by atoms with E-state index in [0.717, 1.165) is 5.56 Å². The van der Waals surface area contributed by atoms with Crippen LogP contribution in [0.4, 0.5) is 4.79 Å². The highest BCUT2D eigenvalue weighted by atomic mass is 16.6. The van der Waals surface area contributed by atoms with Gasteiger partial charge in [-0.15, -0.1) is 0 Å². The summed E-state index contributed by atoms with van der Waals surface area (Å²) in [7, 11) is 1.38. The van der Waals surface area contributed by atoms with Crippen molar-refractivity contribution < 1.29 is 23.9 Å². The number of nitrogens with two attached hydrogens (primary N) is 1. The first-order valence-electron chi connectivity index (χ1n) is 9.44. The van der Waals surface area contributed by atoms with Crippen molar-refractivity contribution in [1.29, 1.82) is 0 Å². The second-order valence-electron chi connectivity index (χ2n) is 7.58. The molecule has 1 aromatic rings. The lowest BCUT2D eigenvalue weighted by molar-refractivity contribution is -0.133. The van der Waals surface area contributed by atoms with Crippen LogP contribution in [0.1, 0.15) is 32.8 Å². The van der Waals surface area contributed by atoms with Crippen LogP contribution in [-0.2, 0) is 25.6 Å². The molecule has 1 rings (SSSR count). The molecule has 0 bridgehead atoms. The van der Waals surface area contributed by atoms with Crippen LogP contribution in [0.15, 0.2) is 30.3 Å². The van der Waals surface area contributed by atoms with Gasteiger partial charge in [0.05, 0.1) is 6.54 Å². The molecule has 0 aliphatic heterocycles. The van der Waals surface area contributed by atoms with Gasteiger partial charge >= 0.3 is 6.09 Å². The fraction of sp³-hybridized carbons (Fsp3) is 0.550. The SMILES string of the molecule is COC(CC(N)CNC(=O)OC(C)(C)C)C(=O)NCC(=O)NCc1ccccc1. The molecule has 2 atom stereocenters. The number of nitrogens with one attached hydrogen (secondary N) is 3. The molecule has 3 amide bonds. The molecule has 9 nitrogen and oxygen atoms in total. The van der Waals surface area contributed by atoms with Gasteiger partial charge in [-0.3, -0.25) is 9.59 Å². The van der Waals surface area contributed by atoms with Crippen LogP contribution >= 0.6 is 0 Å². The van der Waals surface area contributed by atoms with Gasteiger partial charge in [-0.2, -0.15) is 0 Å². The Kier molecular flexibility index (Phi) is 10.1. The van der Waals surface area contributed by atoms with Crippen molar-refractivity contribution in [1.82, 2.24) is 16.0 Å². The number of benzene rings is 1. The van der Waals surface area contributed by atoms with E-state index in [1.54, 1.807) is 20.8 Å². The Morgan fingerprint density at radius 2 is 1.72 bits per heavy atom. The summed E-state index contributed by atoms with van der Waals surface area (Å²) in [5, 5.41) is 7.80. The summed E-state index contributed by atoms with van der Waals surface area (Å²) in [6.07, 6.45) is -1.25. The Hall–Kier alpha value is -2.65. The number of carbonyl (C=O) groups excluding carboxylic acids is 3. The van der Waals surface area contributed by atoms with Crippen LogP contribution in [-0.4, -0.2) is 55.9 Å². The largest absolute Gasteiger partial charge is 0.444 e. The summed E-state index contributed by atoms with van der Waals surface area (Å²) in [5.41, 5.74) is 6.31. The molecule has 2 unspecified atom stereocenters. The predicted octanol–water partition coefficient (Wildman–Crippen LogP) is 0.676. The molecule has 0 heterocycles. The quantitative estimate of drug-likeness (QED) is 0.450. The molecule has 0 saturated heterocycles. The van der Waals surface area contributed by atoms with Crippen molar-refractivity contribution in [2.45, 2.75) is 51.5 Å². The topological polar surface area (TPSA) is 132 Å². The van der Waals surface area contributed by atoms with Crippen LogP contribution in [0.5, 0.6) is 0 Å². The molecule has 0 fully saturated rings. The number of methoxy groups -OCH3 is 1. The van der Waals surface area contributed by atoms with Gasteiger partial charge in [0.25, 0.3) is 0 Å². The van der Waals surface area contributed by atoms with E-state index in [9.17, 15) is 14.4 Å². The van der Waals surface area contributed by atoms with Crippen molar-refractivity contribution in [3.05, 3.63) is 35.9 Å². The van der Waals surface area contributed by atoms with E-state index in [1.165, 1.54) is 7.11 Å². The maximum absolute atomic E-state index is 12.2. The summed E-state index contributed by atoms with van der Waals surface area (Å²) < 4.78 is 10.3. The number of amides is 3. The minimum Gasteiger partial charge on any atom is -0.444 e. The number of alkyl carbamates (subject to hydrolysis) is 1. The van der Waals surface area contributed by atoms with Gasteiger partial charge in [0, 0.05) is 26.2 Å². The van der Waals surface area contributed by atoms with Gasteiger partial charge in [0.1, 0.15) is 11.7 Å². The zero-order valence-corrected chi connectivity index (χ0v) is 17.5. The molecule has 0 spiro atoms. The van der Waals surface area contributed by atoms with Crippen molar-refractivity contribution in [2.24, 2.45) is 5.73 Å². The minimum absolute atomic E-state index is 0.125. The van der Waals surface area contributed by atoms with Gasteiger partial charge in [0.2, 0.25) is 11.8 Å². The van der Waals surface area contributed by atoms with Crippen molar-refractivity contribution >= 4 is 17.9 Å². The number of carbonyl (C=O) groups is 3. The predicted molar refractivity (Wildman–Crippen MR) is 109 cm³/mol. The third kappa shape index (κ3) is 11.1. The molecular formula is C20H32N4O5. The van der Waals surface area contributed by atoms with Crippen LogP contribution in [0.25, 0.3) is 0 Å². The minimum atomic E-state index is -0.840. The van der Waals surface area contributed by atoms with Gasteiger partial charge < -0.3 is 31.2 Å². The average Bonchev–Trinajstić information content (AvgIpc) is 2.66. The number of rotatable bonds is 10. The Morgan fingerprint density at radius 3 is 2.31 bits per heavy atom. The summed E-state index contributed by atoms with van der Waals surface area (Å²) in [4.78, 5) is 35.8. The van der Waals surface area contributed by atoms with E-state index < -0.39 is 29.7 Å². The summed E-state index contributed by atoms with van der Waals surface area (Å²) in [5.74, 6) is -0.761. The molecular weight excluding hydrogens is 376 g/mol. The molecule has 0 aliphatic carbocycles. The smallest absolute Gasteiger partial charge is 0.407 e. The molecule has 0 aliphatic rings. The van der Waals surface area contributed by atoms with Crippen molar-refractivity contribution in [2.75, 3.05) is 20.2 Å². The molecule has 0 aromatic heterocycles. The van der Waals surface area contributed by atoms with Crippen LogP contribution in [0.3, 0.4) is 0 Å². The molecule has 0 radical (unpaired) electrons. The number of ether oxygens (including phenoxy) is 2. The molecule has 1 aromatic carbocycles. The van der Waals surface area contributed by atoms with Gasteiger partial charge in [-0.1, -0.05) is 30.3 Å². The first kappa shape index (κ1) is 24.4. The molecule has 162 valence electrons. The Balaban J connectivity index is 2.33. The van der Waals surface area contributed by atoms with E-state index >= 15 is 0 Å². The zero-order valence-electron chi connectivity index (χ0n) is 17.5. The Bertz CT molecular complexity index is 661. The maximum atomic E-state index is 12.2. The lowest BCUT2D eigenvalue weighted by atomic mass is 10.1. The summed E-state index contributed by atoms with van der Waals surface area (Å²) >= 11 is 0. The second kappa shape index (κ2) is 12.0. The molecule has 0 saturated carbocycles. The lowest BCUT2D eigenvalue weighted by Gasteiger charge is -2.22. The Morgan fingerprint density at radius 1 is 1.07 bits per heavy atom. The van der Waals surface area contributed by atoms with E-state index in [2.05, 4.69) is 16.0 Å². The average molecular weight is 408 g/mol. The summed E-state index contributed by atoms with van der Waals surface area (Å²) in [6, 6.07) is 8.93. The van der Waals surface area contributed by atoms with E-state index in [0.29, 0.717) is 6.54 Å². The van der Waals surface area contributed by atoms with E-state index in [-0.39, 0.29) is 25.4 Å². The highest BCUT2D eigenvalue weighted by Crippen LogP contribution is 2.07. The fourth-order valence-corrected chi connectivity index (χ4v) is 2.34. The van der Waals surface area contributed by atoms with Crippen molar-refractivity contribution in [3.8, 4) is 0 Å². The first-order valence-corrected chi connectivity index (χ1v) is 9.44. The van der Waals surface area contributed by atoms with Crippen LogP contribution in [0, 0.1) is 0 Å². The third-order valence-electron chi connectivity index (χ3n) is 3.76. The number of hydrogen-bond donors (Lipinski definition) is 4. The van der Waals surface area contributed by atoms with Gasteiger partial charge in [-0.25, -0.2) is 4.79 Å². The molecule has 29 heavy (non-hydrogen) atoms. The monoisotopic (exact) mass is 408 g/mol. The highest BCUT2D eigenvalue weighted by Gasteiger charge is 2.22. The normalized spacial score (nSPS) is 13.1. The van der Waals surface area contributed by atoms with E-state index in [1.807, 2.05) is 30.3 Å². The van der Waals surface area contributed by atoms with Gasteiger partial charge in [0.15, 0.2) is 0 Å². The Labute approximate surface area is 171 Å². The standard InChI is InChI=1S/C20H32N4O5/c1-20(2,3)29-19(27)24-12-15(21)10-16(28-4)18(26)23-13-17(25)22-11-14-8-6-5-7-9-14/h5-9,15-16H,10-13,21H2,1-4H3,(H,22,25)(H,23,26)(H,24,27). The third-order valence-corrected chi connectivity index (χ3v) is 3.76. The highest BCUT2D eigenvalue weighted by molar-refractivity contribution is 5.86. The molecule has 5 N–H and O–H groups in total. The number of hydrogen-bond acceptors (Lipinski definition) is 6.